The molecule has 1 heterocycles. The first-order valence-electron chi connectivity index (χ1n) is 5.52. The largest absolute Gasteiger partial charge is 0.417 e. The van der Waals surface area contributed by atoms with Crippen LogP contribution in [0.25, 0.3) is 0 Å². The van der Waals surface area contributed by atoms with E-state index in [2.05, 4.69) is 10.3 Å². The first-order chi connectivity index (χ1) is 7.97. The summed E-state index contributed by atoms with van der Waals surface area (Å²) < 4.78 is 36.9. The Hall–Kier alpha value is -1.30. The zero-order valence-corrected chi connectivity index (χ0v) is 9.17. The van der Waals surface area contributed by atoms with Gasteiger partial charge in [0.2, 0.25) is 0 Å². The van der Waals surface area contributed by atoms with Crippen LogP contribution in [0.3, 0.4) is 0 Å². The van der Waals surface area contributed by atoms with Crippen molar-refractivity contribution in [1.82, 2.24) is 4.98 Å². The van der Waals surface area contributed by atoms with Gasteiger partial charge in [0.05, 0.1) is 5.56 Å². The Labute approximate surface area is 97.2 Å². The maximum atomic E-state index is 12.3. The summed E-state index contributed by atoms with van der Waals surface area (Å²) >= 11 is 0. The van der Waals surface area contributed by atoms with Gasteiger partial charge < -0.3 is 11.1 Å². The van der Waals surface area contributed by atoms with E-state index in [1.165, 1.54) is 6.07 Å². The maximum absolute atomic E-state index is 12.3. The van der Waals surface area contributed by atoms with Crippen molar-refractivity contribution in [3.63, 3.8) is 0 Å². The molecule has 3 nitrogen and oxygen atoms in total. The van der Waals surface area contributed by atoms with E-state index in [-0.39, 0.29) is 12.1 Å². The molecule has 17 heavy (non-hydrogen) atoms. The van der Waals surface area contributed by atoms with Crippen molar-refractivity contribution in [3.8, 4) is 0 Å². The Balaban J connectivity index is 2.03. The number of alkyl halides is 3. The zero-order chi connectivity index (χ0) is 12.5. The van der Waals surface area contributed by atoms with Crippen molar-refractivity contribution in [2.24, 2.45) is 5.73 Å². The van der Waals surface area contributed by atoms with Crippen LogP contribution >= 0.6 is 0 Å². The van der Waals surface area contributed by atoms with Crippen LogP contribution in [0.4, 0.5) is 19.0 Å². The number of pyridine rings is 1. The molecule has 94 valence electrons. The number of nitrogens with one attached hydrogen (secondary N) is 1. The minimum Gasteiger partial charge on any atom is -0.366 e. The number of halogens is 3. The molecule has 2 rings (SSSR count). The van der Waals surface area contributed by atoms with Crippen molar-refractivity contribution < 1.29 is 13.2 Å². The fourth-order valence-electron chi connectivity index (χ4n) is 2.00. The van der Waals surface area contributed by atoms with E-state index in [0.29, 0.717) is 5.82 Å². The number of aromatic nitrogens is 1. The van der Waals surface area contributed by atoms with Gasteiger partial charge in [0.15, 0.2) is 0 Å². The molecule has 1 aromatic rings. The average Bonchev–Trinajstić information content (AvgIpc) is 2.64. The van der Waals surface area contributed by atoms with E-state index >= 15 is 0 Å². The van der Waals surface area contributed by atoms with Gasteiger partial charge in [-0.3, -0.25) is 0 Å². The molecule has 0 bridgehead atoms. The van der Waals surface area contributed by atoms with Gasteiger partial charge in [-0.15, -0.1) is 0 Å². The van der Waals surface area contributed by atoms with E-state index in [0.717, 1.165) is 31.5 Å². The minimum absolute atomic E-state index is 0.0547. The van der Waals surface area contributed by atoms with Crippen molar-refractivity contribution in [1.29, 1.82) is 0 Å². The van der Waals surface area contributed by atoms with E-state index < -0.39 is 11.7 Å². The second kappa shape index (κ2) is 4.52. The van der Waals surface area contributed by atoms with Crippen LogP contribution in [0.2, 0.25) is 0 Å². The molecule has 1 aliphatic carbocycles. The standard InChI is InChI=1S/C11H14F3N3/c12-11(13,14)7-4-5-10(16-6-7)17-9-3-1-2-8(9)15/h4-6,8-9H,1-3,15H2,(H,16,17). The summed E-state index contributed by atoms with van der Waals surface area (Å²) in [6.45, 7) is 0. The highest BCUT2D eigenvalue weighted by Gasteiger charge is 2.31. The van der Waals surface area contributed by atoms with Gasteiger partial charge in [0, 0.05) is 18.3 Å². The van der Waals surface area contributed by atoms with E-state index in [1.807, 2.05) is 0 Å². The van der Waals surface area contributed by atoms with Crippen LogP contribution < -0.4 is 11.1 Å². The number of hydrogen-bond acceptors (Lipinski definition) is 3. The lowest BCUT2D eigenvalue weighted by Crippen LogP contribution is -2.35. The Morgan fingerprint density at radius 2 is 2.06 bits per heavy atom. The third-order valence-electron chi connectivity index (χ3n) is 2.99. The van der Waals surface area contributed by atoms with Gasteiger partial charge in [-0.2, -0.15) is 13.2 Å². The van der Waals surface area contributed by atoms with Gasteiger partial charge in [0.1, 0.15) is 5.82 Å². The second-order valence-electron chi connectivity index (χ2n) is 4.28. The molecule has 1 fully saturated rings. The van der Waals surface area contributed by atoms with Crippen LogP contribution in [0, 0.1) is 0 Å². The number of nitrogens with zero attached hydrogens (tertiary/aromatic N) is 1. The van der Waals surface area contributed by atoms with Crippen LogP contribution in [-0.4, -0.2) is 17.1 Å². The summed E-state index contributed by atoms with van der Waals surface area (Å²) in [7, 11) is 0. The molecule has 0 saturated heterocycles. The average molecular weight is 245 g/mol. The molecule has 1 aliphatic rings. The fraction of sp³-hybridized carbons (Fsp3) is 0.545. The molecule has 0 aliphatic heterocycles. The first kappa shape index (κ1) is 12.2. The molecule has 0 radical (unpaired) electrons. The highest BCUT2D eigenvalue weighted by molar-refractivity contribution is 5.38. The molecule has 0 aromatic carbocycles. The van der Waals surface area contributed by atoms with Crippen molar-refractivity contribution in [2.45, 2.75) is 37.5 Å². The van der Waals surface area contributed by atoms with Gasteiger partial charge in [-0.1, -0.05) is 0 Å². The molecular weight excluding hydrogens is 231 g/mol. The molecule has 1 aromatic heterocycles. The summed E-state index contributed by atoms with van der Waals surface area (Å²) in [4.78, 5) is 3.76. The molecule has 0 spiro atoms. The summed E-state index contributed by atoms with van der Waals surface area (Å²) in [6, 6.07) is 2.53. The van der Waals surface area contributed by atoms with E-state index in [4.69, 9.17) is 5.73 Å². The zero-order valence-electron chi connectivity index (χ0n) is 9.17. The van der Waals surface area contributed by atoms with Crippen LogP contribution in [0.15, 0.2) is 18.3 Å². The molecule has 2 atom stereocenters. The molecule has 6 heteroatoms. The lowest BCUT2D eigenvalue weighted by Gasteiger charge is -2.18. The lowest BCUT2D eigenvalue weighted by atomic mass is 10.2. The first-order valence-corrected chi connectivity index (χ1v) is 5.52. The highest BCUT2D eigenvalue weighted by atomic mass is 19.4. The Morgan fingerprint density at radius 1 is 1.29 bits per heavy atom. The lowest BCUT2D eigenvalue weighted by molar-refractivity contribution is -0.137. The van der Waals surface area contributed by atoms with Crippen LogP contribution in [-0.2, 0) is 6.18 Å². The number of anilines is 1. The Kier molecular flexibility index (Phi) is 3.24. The second-order valence-corrected chi connectivity index (χ2v) is 4.28. The molecule has 2 unspecified atom stereocenters. The molecule has 1 saturated carbocycles. The van der Waals surface area contributed by atoms with E-state index in [1.54, 1.807) is 0 Å². The van der Waals surface area contributed by atoms with Gasteiger partial charge in [-0.25, -0.2) is 4.98 Å². The summed E-state index contributed by atoms with van der Waals surface area (Å²) in [5.41, 5.74) is 5.12. The minimum atomic E-state index is -4.34. The normalized spacial score (nSPS) is 24.9. The van der Waals surface area contributed by atoms with Crippen LogP contribution in [0.5, 0.6) is 0 Å². The SMILES string of the molecule is NC1CCCC1Nc1ccc(C(F)(F)F)cn1. The predicted octanol–water partition coefficient (Wildman–Crippen LogP) is 2.39. The van der Waals surface area contributed by atoms with Crippen LogP contribution in [0.1, 0.15) is 24.8 Å². The summed E-state index contributed by atoms with van der Waals surface area (Å²) in [5, 5.41) is 3.07. The Bertz CT molecular complexity index is 375. The molecule has 3 N–H and O–H groups in total. The molecule has 0 amide bonds. The van der Waals surface area contributed by atoms with E-state index in [9.17, 15) is 13.2 Å². The summed E-state index contributed by atoms with van der Waals surface area (Å²) in [5.74, 6) is 0.445. The number of hydrogen-bond donors (Lipinski definition) is 2. The summed E-state index contributed by atoms with van der Waals surface area (Å²) in [6.07, 6.45) is -0.584. The fourth-order valence-corrected chi connectivity index (χ4v) is 2.00. The topological polar surface area (TPSA) is 50.9 Å². The maximum Gasteiger partial charge on any atom is 0.417 e. The van der Waals surface area contributed by atoms with Crippen molar-refractivity contribution in [2.75, 3.05) is 5.32 Å². The van der Waals surface area contributed by atoms with Gasteiger partial charge in [-0.05, 0) is 31.4 Å². The third kappa shape index (κ3) is 2.88. The van der Waals surface area contributed by atoms with Gasteiger partial charge >= 0.3 is 6.18 Å². The highest BCUT2D eigenvalue weighted by Crippen LogP contribution is 2.29. The third-order valence-corrected chi connectivity index (χ3v) is 2.99. The van der Waals surface area contributed by atoms with Crippen molar-refractivity contribution >= 4 is 5.82 Å². The molecular formula is C11H14F3N3. The number of nitrogens with two attached hydrogens (primary N) is 1. The predicted molar refractivity (Wildman–Crippen MR) is 58.5 cm³/mol. The smallest absolute Gasteiger partial charge is 0.366 e. The van der Waals surface area contributed by atoms with Gasteiger partial charge in [0.25, 0.3) is 0 Å². The Morgan fingerprint density at radius 3 is 2.53 bits per heavy atom. The number of rotatable bonds is 2. The quantitative estimate of drug-likeness (QED) is 0.841. The monoisotopic (exact) mass is 245 g/mol. The van der Waals surface area contributed by atoms with Crippen molar-refractivity contribution in [3.05, 3.63) is 23.9 Å².